The summed E-state index contributed by atoms with van der Waals surface area (Å²) >= 11 is 0. The summed E-state index contributed by atoms with van der Waals surface area (Å²) in [4.78, 5) is 39.2. The Kier molecular flexibility index (Phi) is 13.1. The summed E-state index contributed by atoms with van der Waals surface area (Å²) in [7, 11) is 0. The predicted octanol–water partition coefficient (Wildman–Crippen LogP) is 4.48. The van der Waals surface area contributed by atoms with Gasteiger partial charge in [-0.15, -0.1) is 0 Å². The summed E-state index contributed by atoms with van der Waals surface area (Å²) in [6.07, 6.45) is 8.98. The first-order chi connectivity index (χ1) is 21.1. The topological polar surface area (TPSA) is 106 Å². The maximum Gasteiger partial charge on any atom is 0.407 e. The first-order valence-electron chi connectivity index (χ1n) is 15.1. The van der Waals surface area contributed by atoms with Crippen LogP contribution in [-0.4, -0.2) is 63.5 Å². The Labute approximate surface area is 253 Å². The van der Waals surface area contributed by atoms with E-state index in [1.807, 2.05) is 48.5 Å². The van der Waals surface area contributed by atoms with Crippen molar-refractivity contribution >= 4 is 23.6 Å². The van der Waals surface area contributed by atoms with Crippen molar-refractivity contribution in [2.45, 2.75) is 57.6 Å². The summed E-state index contributed by atoms with van der Waals surface area (Å²) in [5, 5.41) is 5.52. The SMILES string of the molecule is O=C(CCOCCOCCNC(=O)OC1CC/C=C/CCC1)NCCC(=O)N1Cc2ccccc2C#Cc2ccccc21. The highest BCUT2D eigenvalue weighted by molar-refractivity contribution is 5.95. The van der Waals surface area contributed by atoms with Crippen LogP contribution in [-0.2, 0) is 30.3 Å². The van der Waals surface area contributed by atoms with Gasteiger partial charge >= 0.3 is 6.09 Å². The first-order valence-corrected chi connectivity index (χ1v) is 15.1. The minimum Gasteiger partial charge on any atom is -0.446 e. The average molecular weight is 588 g/mol. The highest BCUT2D eigenvalue weighted by Gasteiger charge is 2.21. The molecule has 0 spiro atoms. The van der Waals surface area contributed by atoms with Crippen LogP contribution in [0.15, 0.2) is 60.7 Å². The van der Waals surface area contributed by atoms with Gasteiger partial charge in [0.25, 0.3) is 0 Å². The zero-order valence-corrected chi connectivity index (χ0v) is 24.6. The molecule has 43 heavy (non-hydrogen) atoms. The number of benzene rings is 2. The molecule has 2 aromatic carbocycles. The van der Waals surface area contributed by atoms with Crippen LogP contribution in [0, 0.1) is 11.8 Å². The number of para-hydroxylation sites is 1. The Hall–Kier alpha value is -4.13. The molecule has 1 unspecified atom stereocenters. The molecular weight excluding hydrogens is 546 g/mol. The monoisotopic (exact) mass is 587 g/mol. The molecule has 2 aromatic rings. The predicted molar refractivity (Wildman–Crippen MR) is 164 cm³/mol. The molecule has 3 amide bonds. The molecule has 2 aliphatic rings. The smallest absolute Gasteiger partial charge is 0.407 e. The first kappa shape index (κ1) is 31.8. The van der Waals surface area contributed by atoms with Gasteiger partial charge in [-0.2, -0.15) is 0 Å². The molecule has 228 valence electrons. The molecular formula is C34H41N3O6. The van der Waals surface area contributed by atoms with Crippen molar-refractivity contribution in [2.75, 3.05) is 44.4 Å². The zero-order chi connectivity index (χ0) is 30.1. The van der Waals surface area contributed by atoms with Crippen molar-refractivity contribution in [3.8, 4) is 11.8 Å². The number of amides is 3. The van der Waals surface area contributed by atoms with Gasteiger partial charge in [-0.1, -0.05) is 54.3 Å². The van der Waals surface area contributed by atoms with Gasteiger partial charge in [0.2, 0.25) is 11.8 Å². The van der Waals surface area contributed by atoms with Crippen molar-refractivity contribution in [3.63, 3.8) is 0 Å². The molecule has 0 aromatic heterocycles. The number of anilines is 1. The van der Waals surface area contributed by atoms with Crippen LogP contribution in [0.3, 0.4) is 0 Å². The number of carbonyl (C=O) groups excluding carboxylic acids is 3. The average Bonchev–Trinajstić information content (AvgIpc) is 2.98. The van der Waals surface area contributed by atoms with Crippen molar-refractivity contribution in [3.05, 3.63) is 77.4 Å². The lowest BCUT2D eigenvalue weighted by atomic mass is 10.0. The lowest BCUT2D eigenvalue weighted by molar-refractivity contribution is -0.122. The molecule has 1 aliphatic heterocycles. The molecule has 0 saturated carbocycles. The van der Waals surface area contributed by atoms with Gasteiger partial charge in [0.05, 0.1) is 38.7 Å². The molecule has 2 N–H and O–H groups in total. The van der Waals surface area contributed by atoms with Gasteiger partial charge in [-0.3, -0.25) is 9.59 Å². The van der Waals surface area contributed by atoms with Gasteiger partial charge in [0.1, 0.15) is 6.10 Å². The Morgan fingerprint density at radius 1 is 0.791 bits per heavy atom. The fourth-order valence-corrected chi connectivity index (χ4v) is 4.89. The van der Waals surface area contributed by atoms with E-state index >= 15 is 0 Å². The van der Waals surface area contributed by atoms with Gasteiger partial charge in [-0.05, 0) is 55.9 Å². The second-order valence-electron chi connectivity index (χ2n) is 10.4. The third-order valence-corrected chi connectivity index (χ3v) is 7.19. The standard InChI is InChI=1S/C34H41N3O6/c38-32(19-22-41-24-25-42-23-21-36-34(40)43-30-13-4-2-1-3-5-14-30)35-20-18-33(39)37-26-29-12-7-6-10-27(29)16-17-28-11-8-9-15-31(28)37/h1-2,6-12,15,30H,3-5,13-14,18-26H2,(H,35,38)(H,36,40)/b2-1+. The van der Waals surface area contributed by atoms with E-state index in [0.29, 0.717) is 32.9 Å². The number of nitrogens with one attached hydrogen (secondary N) is 2. The molecule has 1 heterocycles. The normalized spacial score (nSPS) is 16.5. The van der Waals surface area contributed by atoms with Crippen LogP contribution in [0.4, 0.5) is 10.5 Å². The van der Waals surface area contributed by atoms with Gasteiger partial charge in [-0.25, -0.2) is 4.79 Å². The number of rotatable bonds is 13. The minimum absolute atomic E-state index is 0.0353. The number of fused-ring (bicyclic) bond motifs is 2. The maximum absolute atomic E-state index is 13.2. The Morgan fingerprint density at radius 3 is 2.42 bits per heavy atom. The number of alkyl carbamates (subject to hydrolysis) is 1. The molecule has 0 radical (unpaired) electrons. The third kappa shape index (κ3) is 10.9. The summed E-state index contributed by atoms with van der Waals surface area (Å²) in [6, 6.07) is 15.4. The molecule has 9 heteroatoms. The second-order valence-corrected chi connectivity index (χ2v) is 10.4. The number of hydrogen-bond donors (Lipinski definition) is 2. The molecule has 1 aliphatic carbocycles. The summed E-state index contributed by atoms with van der Waals surface area (Å²) in [5.41, 5.74) is 3.46. The number of hydrogen-bond acceptors (Lipinski definition) is 6. The van der Waals surface area contributed by atoms with E-state index in [2.05, 4.69) is 34.6 Å². The molecule has 9 nitrogen and oxygen atoms in total. The number of carbonyl (C=O) groups is 3. The van der Waals surface area contributed by atoms with Crippen LogP contribution in [0.5, 0.6) is 0 Å². The highest BCUT2D eigenvalue weighted by atomic mass is 16.6. The third-order valence-electron chi connectivity index (χ3n) is 7.19. The zero-order valence-electron chi connectivity index (χ0n) is 24.6. The largest absolute Gasteiger partial charge is 0.446 e. The Morgan fingerprint density at radius 2 is 1.53 bits per heavy atom. The molecule has 0 fully saturated rings. The molecule has 0 saturated heterocycles. The van der Waals surface area contributed by atoms with Crippen LogP contribution >= 0.6 is 0 Å². The van der Waals surface area contributed by atoms with E-state index in [1.165, 1.54) is 0 Å². The summed E-state index contributed by atoms with van der Waals surface area (Å²) in [6.45, 7) is 2.30. The molecule has 0 bridgehead atoms. The summed E-state index contributed by atoms with van der Waals surface area (Å²) < 4.78 is 16.4. The maximum atomic E-state index is 13.2. The number of ether oxygens (including phenoxy) is 3. The number of allylic oxidation sites excluding steroid dienone is 2. The van der Waals surface area contributed by atoms with Crippen molar-refractivity contribution in [2.24, 2.45) is 0 Å². The van der Waals surface area contributed by atoms with Crippen molar-refractivity contribution in [1.82, 2.24) is 10.6 Å². The van der Waals surface area contributed by atoms with E-state index in [0.717, 1.165) is 54.5 Å². The molecule has 1 atom stereocenters. The van der Waals surface area contributed by atoms with E-state index in [4.69, 9.17) is 14.2 Å². The van der Waals surface area contributed by atoms with Crippen LogP contribution < -0.4 is 15.5 Å². The molecule has 4 rings (SSSR count). The quantitative estimate of drug-likeness (QED) is 0.203. The van der Waals surface area contributed by atoms with Crippen molar-refractivity contribution < 1.29 is 28.6 Å². The highest BCUT2D eigenvalue weighted by Crippen LogP contribution is 2.25. The Balaban J connectivity index is 1.05. The Bertz CT molecular complexity index is 1310. The van der Waals surface area contributed by atoms with Crippen LogP contribution in [0.2, 0.25) is 0 Å². The van der Waals surface area contributed by atoms with Gasteiger partial charge in [0.15, 0.2) is 0 Å². The fraction of sp³-hybridized carbons (Fsp3) is 0.441. The number of nitrogens with zero attached hydrogens (tertiary/aromatic N) is 1. The minimum atomic E-state index is -0.409. The van der Waals surface area contributed by atoms with Crippen LogP contribution in [0.25, 0.3) is 0 Å². The van der Waals surface area contributed by atoms with Gasteiger partial charge in [0, 0.05) is 37.1 Å². The lowest BCUT2D eigenvalue weighted by Gasteiger charge is -2.26. The van der Waals surface area contributed by atoms with Gasteiger partial charge < -0.3 is 29.7 Å². The van der Waals surface area contributed by atoms with E-state index in [1.54, 1.807) is 4.90 Å². The van der Waals surface area contributed by atoms with E-state index < -0.39 is 6.09 Å². The van der Waals surface area contributed by atoms with Crippen molar-refractivity contribution in [1.29, 1.82) is 0 Å². The second kappa shape index (κ2) is 17.7. The van der Waals surface area contributed by atoms with E-state index in [9.17, 15) is 14.4 Å². The van der Waals surface area contributed by atoms with Crippen LogP contribution in [0.1, 0.15) is 61.6 Å². The lowest BCUT2D eigenvalue weighted by Crippen LogP contribution is -2.35. The van der Waals surface area contributed by atoms with E-state index in [-0.39, 0.29) is 43.9 Å². The fourth-order valence-electron chi connectivity index (χ4n) is 4.89. The summed E-state index contributed by atoms with van der Waals surface area (Å²) in [5.74, 6) is 6.14.